The van der Waals surface area contributed by atoms with E-state index in [1.165, 1.54) is 0 Å². The molecule has 0 saturated carbocycles. The molecule has 0 aliphatic heterocycles. The SMILES string of the molecule is CN=C(N)Oc1ccc(N)cc1. The molecule has 12 heavy (non-hydrogen) atoms. The summed E-state index contributed by atoms with van der Waals surface area (Å²) in [5, 5.41) is 0. The molecule has 0 heterocycles. The molecule has 0 radical (unpaired) electrons. The molecule has 0 bridgehead atoms. The summed E-state index contributed by atoms with van der Waals surface area (Å²) in [4.78, 5) is 3.65. The average Bonchev–Trinajstić information content (AvgIpc) is 2.09. The van der Waals surface area contributed by atoms with E-state index in [4.69, 9.17) is 16.2 Å². The zero-order valence-electron chi connectivity index (χ0n) is 6.82. The van der Waals surface area contributed by atoms with E-state index >= 15 is 0 Å². The molecular formula is C8H11N3O. The minimum atomic E-state index is 0.139. The molecule has 0 spiro atoms. The Hall–Kier alpha value is -1.71. The third-order valence-electron chi connectivity index (χ3n) is 1.32. The zero-order chi connectivity index (χ0) is 8.97. The number of ether oxygens (including phenoxy) is 1. The van der Waals surface area contributed by atoms with E-state index in [1.807, 2.05) is 0 Å². The van der Waals surface area contributed by atoms with Gasteiger partial charge in [0.1, 0.15) is 5.75 Å². The van der Waals surface area contributed by atoms with Gasteiger partial charge in [-0.3, -0.25) is 0 Å². The molecule has 1 aromatic rings. The topological polar surface area (TPSA) is 73.6 Å². The van der Waals surface area contributed by atoms with Gasteiger partial charge in [-0.25, -0.2) is 4.99 Å². The van der Waals surface area contributed by atoms with Crippen LogP contribution in [0.1, 0.15) is 0 Å². The van der Waals surface area contributed by atoms with E-state index in [0.29, 0.717) is 11.4 Å². The monoisotopic (exact) mass is 165 g/mol. The Kier molecular flexibility index (Phi) is 2.53. The van der Waals surface area contributed by atoms with E-state index in [-0.39, 0.29) is 6.02 Å². The number of aliphatic imine (C=N–C) groups is 1. The molecule has 64 valence electrons. The third kappa shape index (κ3) is 2.16. The quantitative estimate of drug-likeness (QED) is 0.363. The van der Waals surface area contributed by atoms with Gasteiger partial charge in [0, 0.05) is 12.7 Å². The summed E-state index contributed by atoms with van der Waals surface area (Å²) in [6, 6.07) is 7.07. The number of rotatable bonds is 1. The number of benzene rings is 1. The smallest absolute Gasteiger partial charge is 0.287 e. The lowest BCUT2D eigenvalue weighted by atomic mass is 10.3. The predicted octanol–water partition coefficient (Wildman–Crippen LogP) is 0.592. The Morgan fingerprint density at radius 3 is 2.42 bits per heavy atom. The van der Waals surface area contributed by atoms with Crippen molar-refractivity contribution in [2.75, 3.05) is 12.8 Å². The van der Waals surface area contributed by atoms with Crippen molar-refractivity contribution in [2.45, 2.75) is 0 Å². The van der Waals surface area contributed by atoms with Crippen molar-refractivity contribution in [3.63, 3.8) is 0 Å². The van der Waals surface area contributed by atoms with Crippen LogP contribution in [0.2, 0.25) is 0 Å². The maximum atomic E-state index is 5.47. The number of nitrogen functional groups attached to an aromatic ring is 1. The summed E-state index contributed by atoms with van der Waals surface area (Å²) in [7, 11) is 1.56. The van der Waals surface area contributed by atoms with Crippen LogP contribution in [-0.2, 0) is 0 Å². The van der Waals surface area contributed by atoms with Crippen molar-refractivity contribution >= 4 is 11.7 Å². The normalized spacial score (nSPS) is 11.2. The summed E-state index contributed by atoms with van der Waals surface area (Å²) < 4.78 is 5.09. The van der Waals surface area contributed by atoms with Crippen molar-refractivity contribution in [2.24, 2.45) is 10.7 Å². The molecule has 0 saturated heterocycles. The highest BCUT2D eigenvalue weighted by Gasteiger charge is 1.94. The largest absolute Gasteiger partial charge is 0.426 e. The summed E-state index contributed by atoms with van der Waals surface area (Å²) >= 11 is 0. The minimum absolute atomic E-state index is 0.139. The van der Waals surface area contributed by atoms with Gasteiger partial charge in [0.15, 0.2) is 0 Å². The molecular weight excluding hydrogens is 154 g/mol. The fourth-order valence-electron chi connectivity index (χ4n) is 0.702. The Bertz CT molecular complexity index is 279. The second-order valence-electron chi connectivity index (χ2n) is 2.23. The van der Waals surface area contributed by atoms with Gasteiger partial charge in [-0.15, -0.1) is 0 Å². The first-order valence-electron chi connectivity index (χ1n) is 3.48. The fraction of sp³-hybridized carbons (Fsp3) is 0.125. The number of hydrogen-bond donors (Lipinski definition) is 2. The van der Waals surface area contributed by atoms with Crippen LogP contribution in [0.3, 0.4) is 0 Å². The van der Waals surface area contributed by atoms with Crippen LogP contribution in [-0.4, -0.2) is 13.1 Å². The minimum Gasteiger partial charge on any atom is -0.426 e. The van der Waals surface area contributed by atoms with Crippen molar-refractivity contribution < 1.29 is 4.74 Å². The van der Waals surface area contributed by atoms with Gasteiger partial charge in [-0.05, 0) is 24.3 Å². The standard InChI is InChI=1S/C8H11N3O/c1-11-8(10)12-7-4-2-6(9)3-5-7/h2-5H,9H2,1H3,(H2,10,11). The molecule has 4 heteroatoms. The highest BCUT2D eigenvalue weighted by atomic mass is 16.5. The Morgan fingerprint density at radius 2 is 1.92 bits per heavy atom. The second kappa shape index (κ2) is 3.61. The lowest BCUT2D eigenvalue weighted by Gasteiger charge is -2.02. The summed E-state index contributed by atoms with van der Waals surface area (Å²) in [6.07, 6.45) is 0. The highest BCUT2D eigenvalue weighted by Crippen LogP contribution is 2.12. The summed E-state index contributed by atoms with van der Waals surface area (Å²) in [6.45, 7) is 0. The predicted molar refractivity (Wildman–Crippen MR) is 49.0 cm³/mol. The summed E-state index contributed by atoms with van der Waals surface area (Å²) in [5.74, 6) is 0.632. The van der Waals surface area contributed by atoms with Gasteiger partial charge in [0.05, 0.1) is 0 Å². The van der Waals surface area contributed by atoms with Gasteiger partial charge in [-0.2, -0.15) is 0 Å². The molecule has 1 rings (SSSR count). The van der Waals surface area contributed by atoms with Crippen LogP contribution < -0.4 is 16.2 Å². The van der Waals surface area contributed by atoms with Crippen molar-refractivity contribution in [3.8, 4) is 5.75 Å². The van der Waals surface area contributed by atoms with Gasteiger partial charge < -0.3 is 16.2 Å². The third-order valence-corrected chi connectivity index (χ3v) is 1.32. The van der Waals surface area contributed by atoms with Crippen molar-refractivity contribution in [3.05, 3.63) is 24.3 Å². The molecule has 0 aliphatic carbocycles. The van der Waals surface area contributed by atoms with Gasteiger partial charge in [0.25, 0.3) is 6.02 Å². The van der Waals surface area contributed by atoms with Crippen LogP contribution >= 0.6 is 0 Å². The lowest BCUT2D eigenvalue weighted by molar-refractivity contribution is 0.541. The molecule has 0 aliphatic rings. The number of anilines is 1. The first-order valence-corrected chi connectivity index (χ1v) is 3.48. The van der Waals surface area contributed by atoms with Crippen LogP contribution in [0, 0.1) is 0 Å². The van der Waals surface area contributed by atoms with E-state index in [0.717, 1.165) is 0 Å². The molecule has 0 amide bonds. The maximum Gasteiger partial charge on any atom is 0.287 e. The summed E-state index contributed by atoms with van der Waals surface area (Å²) in [5.41, 5.74) is 11.5. The van der Waals surface area contributed by atoms with E-state index in [9.17, 15) is 0 Å². The number of hydrogen-bond acceptors (Lipinski definition) is 3. The van der Waals surface area contributed by atoms with Crippen LogP contribution in [0.5, 0.6) is 5.75 Å². The van der Waals surface area contributed by atoms with Gasteiger partial charge in [0.2, 0.25) is 0 Å². The molecule has 1 aromatic carbocycles. The molecule has 0 atom stereocenters. The highest BCUT2D eigenvalue weighted by molar-refractivity contribution is 5.74. The first kappa shape index (κ1) is 8.39. The van der Waals surface area contributed by atoms with Gasteiger partial charge >= 0.3 is 0 Å². The molecule has 0 unspecified atom stereocenters. The number of nitrogens with zero attached hydrogens (tertiary/aromatic N) is 1. The Labute approximate surface area is 70.8 Å². The number of nitrogens with two attached hydrogens (primary N) is 2. The molecule has 4 nitrogen and oxygen atoms in total. The second-order valence-corrected chi connectivity index (χ2v) is 2.23. The Balaban J connectivity index is 2.71. The van der Waals surface area contributed by atoms with E-state index in [1.54, 1.807) is 31.3 Å². The maximum absolute atomic E-state index is 5.47. The first-order chi connectivity index (χ1) is 5.72. The zero-order valence-corrected chi connectivity index (χ0v) is 6.82. The van der Waals surface area contributed by atoms with Crippen molar-refractivity contribution in [1.29, 1.82) is 0 Å². The molecule has 0 aromatic heterocycles. The molecule has 0 fully saturated rings. The van der Waals surface area contributed by atoms with E-state index in [2.05, 4.69) is 4.99 Å². The Morgan fingerprint density at radius 1 is 1.33 bits per heavy atom. The lowest BCUT2D eigenvalue weighted by Crippen LogP contribution is -2.19. The van der Waals surface area contributed by atoms with E-state index < -0.39 is 0 Å². The van der Waals surface area contributed by atoms with Crippen LogP contribution in [0.4, 0.5) is 5.69 Å². The van der Waals surface area contributed by atoms with Crippen molar-refractivity contribution in [1.82, 2.24) is 0 Å². The fourth-order valence-corrected chi connectivity index (χ4v) is 0.702. The van der Waals surface area contributed by atoms with Crippen LogP contribution in [0.15, 0.2) is 29.3 Å². The molecule has 4 N–H and O–H groups in total. The van der Waals surface area contributed by atoms with Crippen LogP contribution in [0.25, 0.3) is 0 Å². The average molecular weight is 165 g/mol. The van der Waals surface area contributed by atoms with Gasteiger partial charge in [-0.1, -0.05) is 0 Å². The number of amidine groups is 1.